The van der Waals surface area contributed by atoms with Crippen molar-refractivity contribution in [1.82, 2.24) is 9.97 Å². The van der Waals surface area contributed by atoms with Crippen molar-refractivity contribution < 1.29 is 4.74 Å². The molecule has 2 heterocycles. The molecule has 2 rings (SSSR count). The number of nitrogens with zero attached hydrogens (tertiary/aromatic N) is 3. The van der Waals surface area contributed by atoms with E-state index >= 15 is 0 Å². The van der Waals surface area contributed by atoms with Gasteiger partial charge in [0, 0.05) is 44.7 Å². The molecule has 100 valence electrons. The van der Waals surface area contributed by atoms with Crippen LogP contribution in [0.1, 0.15) is 25.3 Å². The van der Waals surface area contributed by atoms with Gasteiger partial charge in [-0.25, -0.2) is 9.97 Å². The molecule has 0 aromatic carbocycles. The molecule has 5 nitrogen and oxygen atoms in total. The zero-order valence-corrected chi connectivity index (χ0v) is 11.2. The number of hydrogen-bond acceptors (Lipinski definition) is 5. The molecule has 1 aliphatic heterocycles. The van der Waals surface area contributed by atoms with Crippen LogP contribution in [0.5, 0.6) is 0 Å². The van der Waals surface area contributed by atoms with E-state index in [1.807, 2.05) is 19.3 Å². The van der Waals surface area contributed by atoms with Gasteiger partial charge < -0.3 is 15.4 Å². The minimum atomic E-state index is 0.146. The highest BCUT2D eigenvalue weighted by Crippen LogP contribution is 2.17. The van der Waals surface area contributed by atoms with Crippen LogP contribution in [-0.4, -0.2) is 42.3 Å². The van der Waals surface area contributed by atoms with Gasteiger partial charge in [-0.2, -0.15) is 0 Å². The maximum Gasteiger partial charge on any atom is 0.225 e. The van der Waals surface area contributed by atoms with E-state index in [1.54, 1.807) is 0 Å². The number of rotatable bonds is 4. The summed E-state index contributed by atoms with van der Waals surface area (Å²) in [6.45, 7) is 3.65. The second-order valence-corrected chi connectivity index (χ2v) is 5.03. The van der Waals surface area contributed by atoms with Crippen molar-refractivity contribution in [1.29, 1.82) is 0 Å². The fourth-order valence-corrected chi connectivity index (χ4v) is 2.24. The van der Waals surface area contributed by atoms with E-state index < -0.39 is 0 Å². The first kappa shape index (κ1) is 13.2. The molecule has 1 atom stereocenters. The molecule has 2 N–H and O–H groups in total. The van der Waals surface area contributed by atoms with E-state index in [2.05, 4.69) is 21.9 Å². The van der Waals surface area contributed by atoms with Crippen molar-refractivity contribution in [2.45, 2.75) is 38.3 Å². The third-order valence-electron chi connectivity index (χ3n) is 3.30. The summed E-state index contributed by atoms with van der Waals surface area (Å²) in [4.78, 5) is 11.0. The highest BCUT2D eigenvalue weighted by Gasteiger charge is 2.20. The van der Waals surface area contributed by atoms with Gasteiger partial charge in [-0.15, -0.1) is 0 Å². The van der Waals surface area contributed by atoms with E-state index in [4.69, 9.17) is 10.5 Å². The molecular formula is C13H22N4O. The third kappa shape index (κ3) is 3.40. The number of anilines is 1. The maximum absolute atomic E-state index is 5.76. The standard InChI is InChI=1S/C13H22N4O/c1-10(14)7-11-8-15-13(16-9-11)17(2)12-3-5-18-6-4-12/h8-10,12H,3-7,14H2,1-2H3. The van der Waals surface area contributed by atoms with Gasteiger partial charge in [-0.05, 0) is 31.7 Å². The lowest BCUT2D eigenvalue weighted by Crippen LogP contribution is -2.37. The number of nitrogens with two attached hydrogens (primary N) is 1. The maximum atomic E-state index is 5.76. The molecule has 1 unspecified atom stereocenters. The molecule has 5 heteroatoms. The molecule has 0 amide bonds. The Morgan fingerprint density at radius 1 is 1.39 bits per heavy atom. The van der Waals surface area contributed by atoms with E-state index in [1.165, 1.54) is 0 Å². The van der Waals surface area contributed by atoms with Crippen LogP contribution >= 0.6 is 0 Å². The molecule has 0 spiro atoms. The molecule has 0 radical (unpaired) electrons. The third-order valence-corrected chi connectivity index (χ3v) is 3.30. The van der Waals surface area contributed by atoms with Gasteiger partial charge in [-0.1, -0.05) is 0 Å². The van der Waals surface area contributed by atoms with Crippen molar-refractivity contribution in [3.63, 3.8) is 0 Å². The molecule has 0 bridgehead atoms. The molecule has 1 aromatic rings. The number of hydrogen-bond donors (Lipinski definition) is 1. The molecule has 1 aliphatic rings. The first-order chi connectivity index (χ1) is 8.66. The van der Waals surface area contributed by atoms with E-state index in [-0.39, 0.29) is 6.04 Å². The van der Waals surface area contributed by atoms with Crippen molar-refractivity contribution in [3.05, 3.63) is 18.0 Å². The predicted molar refractivity (Wildman–Crippen MR) is 71.6 cm³/mol. The van der Waals surface area contributed by atoms with Gasteiger partial charge in [0.15, 0.2) is 0 Å². The van der Waals surface area contributed by atoms with Crippen LogP contribution in [0.2, 0.25) is 0 Å². The fourth-order valence-electron chi connectivity index (χ4n) is 2.24. The van der Waals surface area contributed by atoms with Crippen molar-refractivity contribution in [3.8, 4) is 0 Å². The predicted octanol–water partition coefficient (Wildman–Crippen LogP) is 0.981. The van der Waals surface area contributed by atoms with Crippen molar-refractivity contribution >= 4 is 5.95 Å². The summed E-state index contributed by atoms with van der Waals surface area (Å²) in [5, 5.41) is 0. The smallest absolute Gasteiger partial charge is 0.225 e. The number of ether oxygens (including phenoxy) is 1. The summed E-state index contributed by atoms with van der Waals surface area (Å²) in [6.07, 6.45) is 6.66. The minimum Gasteiger partial charge on any atom is -0.381 e. The summed E-state index contributed by atoms with van der Waals surface area (Å²) in [5.41, 5.74) is 6.85. The quantitative estimate of drug-likeness (QED) is 0.863. The van der Waals surface area contributed by atoms with Crippen LogP contribution in [0, 0.1) is 0 Å². The van der Waals surface area contributed by atoms with E-state index in [0.29, 0.717) is 6.04 Å². The fraction of sp³-hybridized carbons (Fsp3) is 0.692. The Morgan fingerprint density at radius 2 is 2.00 bits per heavy atom. The monoisotopic (exact) mass is 250 g/mol. The summed E-state index contributed by atoms with van der Waals surface area (Å²) in [5.74, 6) is 0.787. The van der Waals surface area contributed by atoms with Crippen molar-refractivity contribution in [2.24, 2.45) is 5.73 Å². The second kappa shape index (κ2) is 6.11. The Hall–Kier alpha value is -1.20. The Kier molecular flexibility index (Phi) is 4.49. The van der Waals surface area contributed by atoms with Crippen LogP contribution in [0.15, 0.2) is 12.4 Å². The summed E-state index contributed by atoms with van der Waals surface area (Å²) in [6, 6.07) is 0.630. The van der Waals surface area contributed by atoms with Gasteiger partial charge in [0.2, 0.25) is 5.95 Å². The van der Waals surface area contributed by atoms with Gasteiger partial charge >= 0.3 is 0 Å². The lowest BCUT2D eigenvalue weighted by Gasteiger charge is -2.31. The topological polar surface area (TPSA) is 64.3 Å². The second-order valence-electron chi connectivity index (χ2n) is 5.03. The molecule has 1 aromatic heterocycles. The minimum absolute atomic E-state index is 0.146. The van der Waals surface area contributed by atoms with Crippen LogP contribution in [0.3, 0.4) is 0 Å². The average molecular weight is 250 g/mol. The van der Waals surface area contributed by atoms with E-state index in [0.717, 1.165) is 44.0 Å². The number of aromatic nitrogens is 2. The van der Waals surface area contributed by atoms with Gasteiger partial charge in [-0.3, -0.25) is 0 Å². The highest BCUT2D eigenvalue weighted by atomic mass is 16.5. The zero-order valence-electron chi connectivity index (χ0n) is 11.2. The first-order valence-corrected chi connectivity index (χ1v) is 6.54. The zero-order chi connectivity index (χ0) is 13.0. The Morgan fingerprint density at radius 3 is 2.56 bits per heavy atom. The molecule has 18 heavy (non-hydrogen) atoms. The van der Waals surface area contributed by atoms with Crippen molar-refractivity contribution in [2.75, 3.05) is 25.2 Å². The normalized spacial score (nSPS) is 18.6. The van der Waals surface area contributed by atoms with E-state index in [9.17, 15) is 0 Å². The van der Waals surface area contributed by atoms with Gasteiger partial charge in [0.25, 0.3) is 0 Å². The Labute approximate surface area is 108 Å². The lowest BCUT2D eigenvalue weighted by molar-refractivity contribution is 0.0852. The Bertz CT molecular complexity index is 360. The molecule has 1 fully saturated rings. The largest absolute Gasteiger partial charge is 0.381 e. The molecule has 1 saturated heterocycles. The van der Waals surface area contributed by atoms with Crippen LogP contribution < -0.4 is 10.6 Å². The molecule has 0 aliphatic carbocycles. The van der Waals surface area contributed by atoms with Gasteiger partial charge in [0.1, 0.15) is 0 Å². The van der Waals surface area contributed by atoms with Crippen LogP contribution in [-0.2, 0) is 11.2 Å². The van der Waals surface area contributed by atoms with Crippen LogP contribution in [0.4, 0.5) is 5.95 Å². The SMILES string of the molecule is CC(N)Cc1cnc(N(C)C2CCOCC2)nc1. The van der Waals surface area contributed by atoms with Gasteiger partial charge in [0.05, 0.1) is 0 Å². The summed E-state index contributed by atoms with van der Waals surface area (Å²) in [7, 11) is 2.05. The molecular weight excluding hydrogens is 228 g/mol. The van der Waals surface area contributed by atoms with Crippen LogP contribution in [0.25, 0.3) is 0 Å². The summed E-state index contributed by atoms with van der Waals surface area (Å²) < 4.78 is 5.37. The molecule has 0 saturated carbocycles. The first-order valence-electron chi connectivity index (χ1n) is 6.54. The average Bonchev–Trinajstić information content (AvgIpc) is 2.39. The highest BCUT2D eigenvalue weighted by molar-refractivity contribution is 5.30. The Balaban J connectivity index is 1.99. The summed E-state index contributed by atoms with van der Waals surface area (Å²) >= 11 is 0. The lowest BCUT2D eigenvalue weighted by atomic mass is 10.1.